The molecule has 3 heteroatoms. The lowest BCUT2D eigenvalue weighted by Gasteiger charge is -2.43. The lowest BCUT2D eigenvalue weighted by molar-refractivity contribution is -0.140. The fourth-order valence-corrected chi connectivity index (χ4v) is 1.59. The first-order valence-corrected chi connectivity index (χ1v) is 4.51. The normalized spacial score (nSPS) is 23.9. The summed E-state index contributed by atoms with van der Waals surface area (Å²) in [6.45, 7) is 5.34. The van der Waals surface area contributed by atoms with Gasteiger partial charge in [0.1, 0.15) is 0 Å². The third-order valence-corrected chi connectivity index (χ3v) is 2.45. The number of hydrogen-bond donors (Lipinski definition) is 0. The number of carbonyl (C=O) groups excluding carboxylic acids is 1. The van der Waals surface area contributed by atoms with Gasteiger partial charge in [0.2, 0.25) is 5.91 Å². The fourth-order valence-electron chi connectivity index (χ4n) is 1.59. The lowest BCUT2D eigenvalue weighted by atomic mass is 9.99. The Kier molecular flexibility index (Phi) is 2.73. The summed E-state index contributed by atoms with van der Waals surface area (Å²) < 4.78 is 0. The quantitative estimate of drug-likeness (QED) is 0.604. The lowest BCUT2D eigenvalue weighted by Crippen LogP contribution is -2.58. The Morgan fingerprint density at radius 2 is 2.08 bits per heavy atom. The maximum Gasteiger partial charge on any atom is 0.239 e. The topological polar surface area (TPSA) is 23.6 Å². The van der Waals surface area contributed by atoms with Gasteiger partial charge in [0.15, 0.2) is 0 Å². The Morgan fingerprint density at radius 1 is 1.50 bits per heavy atom. The summed E-state index contributed by atoms with van der Waals surface area (Å²) in [6.07, 6.45) is 1.02. The summed E-state index contributed by atoms with van der Waals surface area (Å²) in [7, 11) is 3.64. The first-order chi connectivity index (χ1) is 5.54. The van der Waals surface area contributed by atoms with Crippen molar-refractivity contribution in [1.82, 2.24) is 9.80 Å². The third-order valence-electron chi connectivity index (χ3n) is 2.45. The van der Waals surface area contributed by atoms with Gasteiger partial charge in [-0.15, -0.1) is 0 Å². The summed E-state index contributed by atoms with van der Waals surface area (Å²) in [5.41, 5.74) is 0. The highest BCUT2D eigenvalue weighted by Gasteiger charge is 2.36. The first-order valence-electron chi connectivity index (χ1n) is 4.51. The van der Waals surface area contributed by atoms with Crippen molar-refractivity contribution in [2.45, 2.75) is 32.4 Å². The molecule has 1 heterocycles. The largest absolute Gasteiger partial charge is 0.347 e. The van der Waals surface area contributed by atoms with Crippen LogP contribution in [0.4, 0.5) is 0 Å². The molecule has 0 aliphatic carbocycles. The van der Waals surface area contributed by atoms with Crippen molar-refractivity contribution in [3.8, 4) is 0 Å². The molecule has 1 saturated heterocycles. The van der Waals surface area contributed by atoms with Crippen molar-refractivity contribution in [1.29, 1.82) is 0 Å². The van der Waals surface area contributed by atoms with E-state index in [1.165, 1.54) is 0 Å². The van der Waals surface area contributed by atoms with E-state index in [0.29, 0.717) is 6.04 Å². The van der Waals surface area contributed by atoms with E-state index in [1.807, 2.05) is 14.1 Å². The Bertz CT molecular complexity index is 177. The minimum absolute atomic E-state index is 0.153. The molecule has 0 N–H and O–H groups in total. The second kappa shape index (κ2) is 3.44. The van der Waals surface area contributed by atoms with Crippen LogP contribution in [-0.4, -0.2) is 48.4 Å². The average Bonchev–Trinajstić information content (AvgIpc) is 1.82. The highest BCUT2D eigenvalue weighted by Crippen LogP contribution is 2.21. The average molecular weight is 170 g/mol. The van der Waals surface area contributed by atoms with Crippen molar-refractivity contribution in [3.05, 3.63) is 0 Å². The van der Waals surface area contributed by atoms with Crippen LogP contribution >= 0.6 is 0 Å². The smallest absolute Gasteiger partial charge is 0.239 e. The van der Waals surface area contributed by atoms with Gasteiger partial charge >= 0.3 is 0 Å². The number of likely N-dealkylation sites (tertiary alicyclic amines) is 1. The molecule has 0 aromatic rings. The van der Waals surface area contributed by atoms with Crippen LogP contribution in [0.3, 0.4) is 0 Å². The highest BCUT2D eigenvalue weighted by molar-refractivity contribution is 5.82. The molecule has 1 aliphatic heterocycles. The molecule has 1 rings (SSSR count). The van der Waals surface area contributed by atoms with Gasteiger partial charge in [0.25, 0.3) is 0 Å². The van der Waals surface area contributed by atoms with E-state index in [-0.39, 0.29) is 11.9 Å². The van der Waals surface area contributed by atoms with Gasteiger partial charge < -0.3 is 4.90 Å². The molecule has 1 aliphatic rings. The summed E-state index contributed by atoms with van der Waals surface area (Å²) >= 11 is 0. The monoisotopic (exact) mass is 170 g/mol. The van der Waals surface area contributed by atoms with Crippen LogP contribution in [-0.2, 0) is 4.79 Å². The standard InChI is InChI=1S/C9H18N2O/c1-7(2)11-6-5-8(11)9(12)10(3)4/h7-8H,5-6H2,1-4H3. The zero-order valence-electron chi connectivity index (χ0n) is 8.37. The van der Waals surface area contributed by atoms with Gasteiger partial charge in [0.05, 0.1) is 6.04 Å². The van der Waals surface area contributed by atoms with E-state index in [0.717, 1.165) is 13.0 Å². The van der Waals surface area contributed by atoms with E-state index in [2.05, 4.69) is 18.7 Å². The number of likely N-dealkylation sites (N-methyl/N-ethyl adjacent to an activating group) is 1. The molecule has 0 bridgehead atoms. The predicted molar refractivity (Wildman–Crippen MR) is 48.9 cm³/mol. The van der Waals surface area contributed by atoms with Crippen LogP contribution < -0.4 is 0 Å². The number of rotatable bonds is 2. The minimum Gasteiger partial charge on any atom is -0.347 e. The van der Waals surface area contributed by atoms with Gasteiger partial charge in [-0.1, -0.05) is 0 Å². The number of hydrogen-bond acceptors (Lipinski definition) is 2. The molecule has 0 saturated carbocycles. The molecule has 0 radical (unpaired) electrons. The molecule has 0 aromatic carbocycles. The van der Waals surface area contributed by atoms with Gasteiger partial charge in [0, 0.05) is 26.7 Å². The molecule has 0 spiro atoms. The third kappa shape index (κ3) is 1.61. The summed E-state index contributed by atoms with van der Waals surface area (Å²) in [4.78, 5) is 15.4. The number of nitrogens with zero attached hydrogens (tertiary/aromatic N) is 2. The Labute approximate surface area is 74.3 Å². The van der Waals surface area contributed by atoms with Gasteiger partial charge in [-0.2, -0.15) is 0 Å². The Hall–Kier alpha value is -0.570. The molecule has 0 aromatic heterocycles. The van der Waals surface area contributed by atoms with Crippen LogP contribution in [0, 0.1) is 0 Å². The molecule has 1 unspecified atom stereocenters. The molecule has 70 valence electrons. The summed E-state index contributed by atoms with van der Waals surface area (Å²) in [5, 5.41) is 0. The zero-order valence-corrected chi connectivity index (χ0v) is 8.37. The number of carbonyl (C=O) groups is 1. The molecule has 3 nitrogen and oxygen atoms in total. The minimum atomic E-state index is 0.153. The van der Waals surface area contributed by atoms with E-state index in [9.17, 15) is 4.79 Å². The van der Waals surface area contributed by atoms with Crippen molar-refractivity contribution >= 4 is 5.91 Å². The van der Waals surface area contributed by atoms with Crippen molar-refractivity contribution in [2.24, 2.45) is 0 Å². The second-order valence-corrected chi connectivity index (χ2v) is 3.87. The van der Waals surface area contributed by atoms with Crippen LogP contribution in [0.1, 0.15) is 20.3 Å². The Morgan fingerprint density at radius 3 is 2.33 bits per heavy atom. The van der Waals surface area contributed by atoms with Gasteiger partial charge in [-0.05, 0) is 20.3 Å². The maximum atomic E-state index is 11.5. The van der Waals surface area contributed by atoms with Gasteiger partial charge in [-0.25, -0.2) is 0 Å². The SMILES string of the molecule is CC(C)N1CCC1C(=O)N(C)C. The molecule has 12 heavy (non-hydrogen) atoms. The Balaban J connectivity index is 2.49. The molecule has 1 fully saturated rings. The summed E-state index contributed by atoms with van der Waals surface area (Å²) in [6, 6.07) is 0.646. The van der Waals surface area contributed by atoms with Crippen LogP contribution in [0.5, 0.6) is 0 Å². The fraction of sp³-hybridized carbons (Fsp3) is 0.889. The molecule has 1 atom stereocenters. The van der Waals surface area contributed by atoms with E-state index < -0.39 is 0 Å². The van der Waals surface area contributed by atoms with E-state index in [1.54, 1.807) is 4.90 Å². The summed E-state index contributed by atoms with van der Waals surface area (Å²) in [5.74, 6) is 0.245. The predicted octanol–water partition coefficient (Wildman–Crippen LogP) is 0.557. The second-order valence-electron chi connectivity index (χ2n) is 3.87. The van der Waals surface area contributed by atoms with E-state index >= 15 is 0 Å². The van der Waals surface area contributed by atoms with Gasteiger partial charge in [-0.3, -0.25) is 9.69 Å². The van der Waals surface area contributed by atoms with Crippen molar-refractivity contribution in [2.75, 3.05) is 20.6 Å². The van der Waals surface area contributed by atoms with Crippen molar-refractivity contribution < 1.29 is 4.79 Å². The van der Waals surface area contributed by atoms with E-state index in [4.69, 9.17) is 0 Å². The van der Waals surface area contributed by atoms with Crippen LogP contribution in [0.15, 0.2) is 0 Å². The van der Waals surface area contributed by atoms with Crippen LogP contribution in [0.2, 0.25) is 0 Å². The first kappa shape index (κ1) is 9.52. The number of amides is 1. The van der Waals surface area contributed by atoms with Crippen molar-refractivity contribution in [3.63, 3.8) is 0 Å². The molecule has 1 amide bonds. The molecular formula is C9H18N2O. The maximum absolute atomic E-state index is 11.5. The zero-order chi connectivity index (χ0) is 9.30. The molecular weight excluding hydrogens is 152 g/mol. The van der Waals surface area contributed by atoms with Crippen LogP contribution in [0.25, 0.3) is 0 Å². The highest BCUT2D eigenvalue weighted by atomic mass is 16.2.